The average Bonchev–Trinajstić information content (AvgIpc) is 2.58. The monoisotopic (exact) mass is 356 g/mol. The minimum Gasteiger partial charge on any atom is -0.458 e. The fourth-order valence-corrected chi connectivity index (χ4v) is 3.02. The van der Waals surface area contributed by atoms with Gasteiger partial charge in [-0.25, -0.2) is 0 Å². The Labute approximate surface area is 154 Å². The van der Waals surface area contributed by atoms with Crippen LogP contribution in [0.15, 0.2) is 12.2 Å². The molecule has 0 saturated carbocycles. The standard InChI is InChI=1S/C21H40O4/c1-5-8-11-14-19(23)20(24)15-16-21(25-17(4)22)18(12-9-6-2)13-10-7-3/h15-16,18-21,23-24H,5-14H2,1-4H3/b16-15+/t19-,20-,21+/m1/s1. The molecule has 0 aromatic rings. The normalized spacial score (nSPS) is 15.5. The van der Waals surface area contributed by atoms with E-state index >= 15 is 0 Å². The third-order valence-corrected chi connectivity index (χ3v) is 4.62. The molecule has 0 fully saturated rings. The van der Waals surface area contributed by atoms with Crippen molar-refractivity contribution in [1.82, 2.24) is 0 Å². The highest BCUT2D eigenvalue weighted by Crippen LogP contribution is 2.24. The maximum atomic E-state index is 11.5. The van der Waals surface area contributed by atoms with E-state index < -0.39 is 12.2 Å². The molecule has 0 aliphatic heterocycles. The van der Waals surface area contributed by atoms with Crippen LogP contribution in [-0.4, -0.2) is 34.5 Å². The Morgan fingerprint density at radius 1 is 0.880 bits per heavy atom. The number of unbranched alkanes of at least 4 members (excludes halogenated alkanes) is 4. The molecule has 25 heavy (non-hydrogen) atoms. The molecule has 4 nitrogen and oxygen atoms in total. The molecule has 0 bridgehead atoms. The van der Waals surface area contributed by atoms with Crippen LogP contribution in [0.2, 0.25) is 0 Å². The van der Waals surface area contributed by atoms with Crippen LogP contribution in [0, 0.1) is 5.92 Å². The molecule has 2 N–H and O–H groups in total. The molecule has 0 aliphatic carbocycles. The van der Waals surface area contributed by atoms with Gasteiger partial charge >= 0.3 is 5.97 Å². The lowest BCUT2D eigenvalue weighted by Crippen LogP contribution is -2.27. The molecule has 0 radical (unpaired) electrons. The van der Waals surface area contributed by atoms with Crippen molar-refractivity contribution in [3.63, 3.8) is 0 Å². The van der Waals surface area contributed by atoms with Gasteiger partial charge in [0.15, 0.2) is 0 Å². The summed E-state index contributed by atoms with van der Waals surface area (Å²) in [5, 5.41) is 20.2. The molecule has 0 aromatic carbocycles. The number of hydrogen-bond donors (Lipinski definition) is 2. The molecule has 0 spiro atoms. The summed E-state index contributed by atoms with van der Waals surface area (Å²) >= 11 is 0. The molecular formula is C21H40O4. The van der Waals surface area contributed by atoms with Gasteiger partial charge in [0.25, 0.3) is 0 Å². The van der Waals surface area contributed by atoms with E-state index in [1.54, 1.807) is 12.2 Å². The topological polar surface area (TPSA) is 66.8 Å². The van der Waals surface area contributed by atoms with Gasteiger partial charge in [0.2, 0.25) is 0 Å². The highest BCUT2D eigenvalue weighted by molar-refractivity contribution is 5.66. The lowest BCUT2D eigenvalue weighted by atomic mass is 9.90. The third kappa shape index (κ3) is 12.2. The van der Waals surface area contributed by atoms with Crippen molar-refractivity contribution >= 4 is 5.97 Å². The molecule has 0 unspecified atom stereocenters. The summed E-state index contributed by atoms with van der Waals surface area (Å²) in [6.45, 7) is 7.85. The lowest BCUT2D eigenvalue weighted by molar-refractivity contribution is -0.146. The Bertz CT molecular complexity index is 346. The van der Waals surface area contributed by atoms with Crippen molar-refractivity contribution < 1.29 is 19.7 Å². The number of hydrogen-bond acceptors (Lipinski definition) is 4. The van der Waals surface area contributed by atoms with E-state index in [1.165, 1.54) is 6.92 Å². The van der Waals surface area contributed by atoms with Gasteiger partial charge in [0.1, 0.15) is 6.10 Å². The third-order valence-electron chi connectivity index (χ3n) is 4.62. The summed E-state index contributed by atoms with van der Waals surface area (Å²) in [5.41, 5.74) is 0. The quantitative estimate of drug-likeness (QED) is 0.252. The number of aliphatic hydroxyl groups excluding tert-OH is 2. The summed E-state index contributed by atoms with van der Waals surface area (Å²) in [4.78, 5) is 11.5. The lowest BCUT2D eigenvalue weighted by Gasteiger charge is -2.25. The predicted octanol–water partition coefficient (Wildman–Crippen LogP) is 4.77. The smallest absolute Gasteiger partial charge is 0.303 e. The Morgan fingerprint density at radius 3 is 1.92 bits per heavy atom. The van der Waals surface area contributed by atoms with Crippen LogP contribution >= 0.6 is 0 Å². The van der Waals surface area contributed by atoms with Crippen molar-refractivity contribution in [3.05, 3.63) is 12.2 Å². The van der Waals surface area contributed by atoms with Gasteiger partial charge in [-0.1, -0.05) is 71.8 Å². The van der Waals surface area contributed by atoms with Crippen LogP contribution in [0.3, 0.4) is 0 Å². The van der Waals surface area contributed by atoms with E-state index in [4.69, 9.17) is 4.74 Å². The van der Waals surface area contributed by atoms with Crippen LogP contribution in [0.4, 0.5) is 0 Å². The second kappa shape index (κ2) is 15.4. The second-order valence-corrected chi connectivity index (χ2v) is 7.06. The van der Waals surface area contributed by atoms with E-state index in [0.29, 0.717) is 6.42 Å². The summed E-state index contributed by atoms with van der Waals surface area (Å²) in [6.07, 6.45) is 11.5. The van der Waals surface area contributed by atoms with Crippen LogP contribution in [0.25, 0.3) is 0 Å². The first-order valence-electron chi connectivity index (χ1n) is 10.2. The summed E-state index contributed by atoms with van der Waals surface area (Å²) in [5.74, 6) is -0.0323. The molecule has 4 heteroatoms. The van der Waals surface area contributed by atoms with E-state index in [1.807, 2.05) is 0 Å². The minimum absolute atomic E-state index is 0.268. The van der Waals surface area contributed by atoms with Gasteiger partial charge in [-0.15, -0.1) is 0 Å². The van der Waals surface area contributed by atoms with E-state index in [9.17, 15) is 15.0 Å². The summed E-state index contributed by atoms with van der Waals surface area (Å²) < 4.78 is 5.52. The first-order chi connectivity index (χ1) is 12.0. The molecular weight excluding hydrogens is 316 g/mol. The van der Waals surface area contributed by atoms with E-state index in [-0.39, 0.29) is 18.0 Å². The summed E-state index contributed by atoms with van der Waals surface area (Å²) in [7, 11) is 0. The zero-order chi connectivity index (χ0) is 19.1. The van der Waals surface area contributed by atoms with Crippen molar-refractivity contribution in [2.24, 2.45) is 5.92 Å². The van der Waals surface area contributed by atoms with Crippen LogP contribution in [0.1, 0.15) is 91.9 Å². The molecule has 0 rings (SSSR count). The fourth-order valence-electron chi connectivity index (χ4n) is 3.02. The molecule has 0 amide bonds. The van der Waals surface area contributed by atoms with Crippen molar-refractivity contribution in [3.8, 4) is 0 Å². The predicted molar refractivity (Wildman–Crippen MR) is 103 cm³/mol. The van der Waals surface area contributed by atoms with Crippen molar-refractivity contribution in [2.75, 3.05) is 0 Å². The number of esters is 1. The Kier molecular flexibility index (Phi) is 14.9. The van der Waals surface area contributed by atoms with E-state index in [0.717, 1.165) is 57.8 Å². The summed E-state index contributed by atoms with van der Waals surface area (Å²) in [6, 6.07) is 0. The molecule has 3 atom stereocenters. The minimum atomic E-state index is -0.909. The van der Waals surface area contributed by atoms with Crippen molar-refractivity contribution in [2.45, 2.75) is 110 Å². The maximum Gasteiger partial charge on any atom is 0.303 e. The molecule has 0 aliphatic rings. The number of carbonyl (C=O) groups is 1. The molecule has 0 aromatic heterocycles. The van der Waals surface area contributed by atoms with Gasteiger partial charge in [-0.05, 0) is 31.3 Å². The first kappa shape index (κ1) is 24.1. The number of carbonyl (C=O) groups excluding carboxylic acids is 1. The molecule has 0 heterocycles. The maximum absolute atomic E-state index is 11.5. The fraction of sp³-hybridized carbons (Fsp3) is 0.857. The Balaban J connectivity index is 4.86. The number of ether oxygens (including phenoxy) is 1. The van der Waals surface area contributed by atoms with Crippen LogP contribution in [0.5, 0.6) is 0 Å². The zero-order valence-electron chi connectivity index (χ0n) is 16.7. The van der Waals surface area contributed by atoms with Gasteiger partial charge in [-0.3, -0.25) is 4.79 Å². The zero-order valence-corrected chi connectivity index (χ0v) is 16.7. The highest BCUT2D eigenvalue weighted by Gasteiger charge is 2.22. The van der Waals surface area contributed by atoms with Gasteiger partial charge < -0.3 is 14.9 Å². The average molecular weight is 357 g/mol. The first-order valence-corrected chi connectivity index (χ1v) is 10.2. The SMILES string of the molecule is CCCCC[C@@H](O)[C@H](O)/C=C/[C@H](OC(C)=O)C(CCCC)CCCC. The molecule has 0 saturated heterocycles. The second-order valence-electron chi connectivity index (χ2n) is 7.06. The highest BCUT2D eigenvalue weighted by atomic mass is 16.5. The number of aliphatic hydroxyl groups is 2. The van der Waals surface area contributed by atoms with Gasteiger partial charge in [0.05, 0.1) is 12.2 Å². The van der Waals surface area contributed by atoms with E-state index in [2.05, 4.69) is 20.8 Å². The molecule has 148 valence electrons. The Morgan fingerprint density at radius 2 is 1.44 bits per heavy atom. The van der Waals surface area contributed by atoms with Crippen molar-refractivity contribution in [1.29, 1.82) is 0 Å². The van der Waals surface area contributed by atoms with Crippen LogP contribution < -0.4 is 0 Å². The Hall–Kier alpha value is -0.870. The van der Waals surface area contributed by atoms with Gasteiger partial charge in [0, 0.05) is 6.92 Å². The van der Waals surface area contributed by atoms with Crippen LogP contribution in [-0.2, 0) is 9.53 Å². The van der Waals surface area contributed by atoms with Gasteiger partial charge in [-0.2, -0.15) is 0 Å². The number of rotatable bonds is 15. The largest absolute Gasteiger partial charge is 0.458 e.